The number of carboxylic acids is 1. The predicted octanol–water partition coefficient (Wildman–Crippen LogP) is 1.64. The van der Waals surface area contributed by atoms with E-state index in [-0.39, 0.29) is 17.4 Å². The Morgan fingerprint density at radius 2 is 1.78 bits per heavy atom. The van der Waals surface area contributed by atoms with Gasteiger partial charge in [-0.2, -0.15) is 13.2 Å². The summed E-state index contributed by atoms with van der Waals surface area (Å²) in [6, 6.07) is -0.941. The fourth-order valence-corrected chi connectivity index (χ4v) is 1.44. The van der Waals surface area contributed by atoms with Gasteiger partial charge < -0.3 is 14.9 Å². The number of aliphatic carboxylic acids is 1. The first kappa shape index (κ1) is 16.5. The lowest BCUT2D eigenvalue weighted by Crippen LogP contribution is -2.48. The lowest BCUT2D eigenvalue weighted by molar-refractivity contribution is -0.149. The van der Waals surface area contributed by atoms with Gasteiger partial charge in [-0.05, 0) is 5.92 Å². The second-order valence-electron chi connectivity index (χ2n) is 4.42. The first-order valence-electron chi connectivity index (χ1n) is 5.31. The Hall–Kier alpha value is -1.47. The van der Waals surface area contributed by atoms with Gasteiger partial charge in [0.1, 0.15) is 13.1 Å². The van der Waals surface area contributed by atoms with E-state index in [1.165, 1.54) is 7.05 Å². The van der Waals surface area contributed by atoms with E-state index < -0.39 is 31.3 Å². The summed E-state index contributed by atoms with van der Waals surface area (Å²) in [5.74, 6) is -1.40. The van der Waals surface area contributed by atoms with E-state index in [0.29, 0.717) is 0 Å². The summed E-state index contributed by atoms with van der Waals surface area (Å²) in [5.41, 5.74) is 0. The molecule has 8 heteroatoms. The molecule has 0 spiro atoms. The zero-order valence-corrected chi connectivity index (χ0v) is 10.5. The van der Waals surface area contributed by atoms with Gasteiger partial charge in [-0.25, -0.2) is 4.79 Å². The van der Waals surface area contributed by atoms with Gasteiger partial charge in [0.05, 0.1) is 0 Å². The highest BCUT2D eigenvalue weighted by atomic mass is 19.4. The normalized spacial score (nSPS) is 11.5. The Kier molecular flexibility index (Phi) is 5.93. The molecule has 0 saturated carbocycles. The second-order valence-corrected chi connectivity index (χ2v) is 4.42. The van der Waals surface area contributed by atoms with Crippen molar-refractivity contribution in [1.82, 2.24) is 9.80 Å². The standard InChI is InChI=1S/C10H17F3N2O3/c1-7(2)4-14(3)9(18)15(5-8(16)17)6-10(11,12)13/h7H,4-6H2,1-3H3,(H,16,17). The highest BCUT2D eigenvalue weighted by Crippen LogP contribution is 2.17. The lowest BCUT2D eigenvalue weighted by atomic mass is 10.2. The molecule has 0 aromatic carbocycles. The van der Waals surface area contributed by atoms with Gasteiger partial charge in [0.25, 0.3) is 0 Å². The maximum atomic E-state index is 12.2. The minimum absolute atomic E-state index is 0.0801. The monoisotopic (exact) mass is 270 g/mol. The molecule has 0 aromatic rings. The Balaban J connectivity index is 4.73. The number of hydrogen-bond acceptors (Lipinski definition) is 2. The van der Waals surface area contributed by atoms with Crippen LogP contribution < -0.4 is 0 Å². The molecular weight excluding hydrogens is 253 g/mol. The van der Waals surface area contributed by atoms with Crippen LogP contribution in [0.15, 0.2) is 0 Å². The average Bonchev–Trinajstić information content (AvgIpc) is 2.11. The fourth-order valence-electron chi connectivity index (χ4n) is 1.44. The van der Waals surface area contributed by atoms with Crippen LogP contribution in [-0.4, -0.2) is 59.8 Å². The number of amides is 2. The molecule has 1 N–H and O–H groups in total. The zero-order valence-electron chi connectivity index (χ0n) is 10.5. The molecule has 0 rings (SSSR count). The van der Waals surface area contributed by atoms with Gasteiger partial charge in [0.15, 0.2) is 0 Å². The van der Waals surface area contributed by atoms with Gasteiger partial charge in [-0.15, -0.1) is 0 Å². The summed E-state index contributed by atoms with van der Waals surface area (Å²) in [4.78, 5) is 23.5. The van der Waals surface area contributed by atoms with E-state index in [1.807, 2.05) is 0 Å². The highest BCUT2D eigenvalue weighted by molar-refractivity contribution is 5.80. The molecule has 0 aliphatic rings. The lowest BCUT2D eigenvalue weighted by Gasteiger charge is -2.28. The Bertz CT molecular complexity index is 305. The first-order valence-corrected chi connectivity index (χ1v) is 5.31. The number of carbonyl (C=O) groups excluding carboxylic acids is 1. The first-order chi connectivity index (χ1) is 8.03. The van der Waals surface area contributed by atoms with Gasteiger partial charge in [0.2, 0.25) is 0 Å². The molecule has 0 bridgehead atoms. The fraction of sp³-hybridized carbons (Fsp3) is 0.800. The van der Waals surface area contributed by atoms with Crippen LogP contribution in [-0.2, 0) is 4.79 Å². The molecule has 0 atom stereocenters. The van der Waals surface area contributed by atoms with Crippen LogP contribution in [0.1, 0.15) is 13.8 Å². The molecule has 2 amide bonds. The SMILES string of the molecule is CC(C)CN(C)C(=O)N(CC(=O)O)CC(F)(F)F. The molecule has 0 saturated heterocycles. The summed E-state index contributed by atoms with van der Waals surface area (Å²) in [6.45, 7) is 1.32. The number of hydrogen-bond donors (Lipinski definition) is 1. The van der Waals surface area contributed by atoms with Crippen molar-refractivity contribution >= 4 is 12.0 Å². The molecule has 0 unspecified atom stereocenters. The topological polar surface area (TPSA) is 60.9 Å². The maximum Gasteiger partial charge on any atom is 0.406 e. The zero-order chi connectivity index (χ0) is 14.5. The Morgan fingerprint density at radius 3 is 2.11 bits per heavy atom. The number of nitrogens with zero attached hydrogens (tertiary/aromatic N) is 2. The third kappa shape index (κ3) is 6.97. The Labute approximate surface area is 103 Å². The van der Waals surface area contributed by atoms with Crippen molar-refractivity contribution in [3.63, 3.8) is 0 Å². The van der Waals surface area contributed by atoms with Crippen LogP contribution in [0.4, 0.5) is 18.0 Å². The van der Waals surface area contributed by atoms with Crippen LogP contribution in [0.3, 0.4) is 0 Å². The number of rotatable bonds is 5. The third-order valence-corrected chi connectivity index (χ3v) is 1.93. The quantitative estimate of drug-likeness (QED) is 0.826. The molecular formula is C10H17F3N2O3. The van der Waals surface area contributed by atoms with Crippen molar-refractivity contribution in [2.24, 2.45) is 5.92 Å². The van der Waals surface area contributed by atoms with Gasteiger partial charge in [-0.3, -0.25) is 4.79 Å². The van der Waals surface area contributed by atoms with Crippen molar-refractivity contribution in [1.29, 1.82) is 0 Å². The number of alkyl halides is 3. The summed E-state index contributed by atoms with van der Waals surface area (Å²) in [6.07, 6.45) is -4.62. The highest BCUT2D eigenvalue weighted by Gasteiger charge is 2.35. The van der Waals surface area contributed by atoms with Crippen molar-refractivity contribution < 1.29 is 27.9 Å². The molecule has 106 valence electrons. The second kappa shape index (κ2) is 6.46. The summed E-state index contributed by atoms with van der Waals surface area (Å²) >= 11 is 0. The molecule has 5 nitrogen and oxygen atoms in total. The largest absolute Gasteiger partial charge is 0.480 e. The van der Waals surface area contributed by atoms with Crippen molar-refractivity contribution in [3.05, 3.63) is 0 Å². The molecule has 0 aliphatic carbocycles. The minimum atomic E-state index is -4.62. The van der Waals surface area contributed by atoms with Crippen molar-refractivity contribution in [2.45, 2.75) is 20.0 Å². The summed E-state index contributed by atoms with van der Waals surface area (Å²) in [5, 5.41) is 8.51. The third-order valence-electron chi connectivity index (χ3n) is 1.93. The van der Waals surface area contributed by atoms with Crippen LogP contribution in [0, 0.1) is 5.92 Å². The van der Waals surface area contributed by atoms with Crippen LogP contribution >= 0.6 is 0 Å². The van der Waals surface area contributed by atoms with E-state index in [9.17, 15) is 22.8 Å². The summed E-state index contributed by atoms with van der Waals surface area (Å²) < 4.78 is 36.7. The van der Waals surface area contributed by atoms with Crippen LogP contribution in [0.5, 0.6) is 0 Å². The molecule has 0 radical (unpaired) electrons. The van der Waals surface area contributed by atoms with E-state index in [1.54, 1.807) is 13.8 Å². The van der Waals surface area contributed by atoms with Crippen molar-refractivity contribution in [3.8, 4) is 0 Å². The predicted molar refractivity (Wildman–Crippen MR) is 58.1 cm³/mol. The smallest absolute Gasteiger partial charge is 0.406 e. The minimum Gasteiger partial charge on any atom is -0.480 e. The van der Waals surface area contributed by atoms with Gasteiger partial charge in [-0.1, -0.05) is 13.8 Å². The van der Waals surface area contributed by atoms with E-state index in [2.05, 4.69) is 0 Å². The number of urea groups is 1. The van der Waals surface area contributed by atoms with E-state index in [4.69, 9.17) is 5.11 Å². The average molecular weight is 270 g/mol. The van der Waals surface area contributed by atoms with E-state index in [0.717, 1.165) is 4.90 Å². The van der Waals surface area contributed by atoms with E-state index >= 15 is 0 Å². The van der Waals surface area contributed by atoms with Gasteiger partial charge >= 0.3 is 18.2 Å². The number of carbonyl (C=O) groups is 2. The van der Waals surface area contributed by atoms with Crippen molar-refractivity contribution in [2.75, 3.05) is 26.7 Å². The molecule has 18 heavy (non-hydrogen) atoms. The molecule has 0 fully saturated rings. The van der Waals surface area contributed by atoms with Crippen LogP contribution in [0.2, 0.25) is 0 Å². The molecule has 0 aromatic heterocycles. The summed E-state index contributed by atoms with van der Waals surface area (Å²) in [7, 11) is 1.34. The molecule has 0 heterocycles. The van der Waals surface area contributed by atoms with Crippen LogP contribution in [0.25, 0.3) is 0 Å². The Morgan fingerprint density at radius 1 is 1.28 bits per heavy atom. The maximum absolute atomic E-state index is 12.2. The molecule has 0 aliphatic heterocycles. The number of halogens is 3. The number of carboxylic acid groups (broad SMARTS) is 1. The van der Waals surface area contributed by atoms with Gasteiger partial charge in [0, 0.05) is 13.6 Å².